The van der Waals surface area contributed by atoms with Gasteiger partial charge in [-0.25, -0.2) is 4.79 Å². The molecule has 8 heteroatoms. The number of anilines is 1. The molecule has 0 unspecified atom stereocenters. The van der Waals surface area contributed by atoms with Crippen molar-refractivity contribution in [2.75, 3.05) is 18.5 Å². The first-order valence-electron chi connectivity index (χ1n) is 10.3. The van der Waals surface area contributed by atoms with Gasteiger partial charge in [-0.05, 0) is 69.5 Å². The van der Waals surface area contributed by atoms with Crippen LogP contribution in [0.15, 0.2) is 42.5 Å². The Hall–Kier alpha value is -3.55. The van der Waals surface area contributed by atoms with Crippen LogP contribution < -0.4 is 20.7 Å². The Balaban J connectivity index is 1.78. The number of alkyl carbamates (subject to hydrolysis) is 1. The quantitative estimate of drug-likeness (QED) is 0.582. The summed E-state index contributed by atoms with van der Waals surface area (Å²) in [6.07, 6.45) is -0.660. The van der Waals surface area contributed by atoms with Crippen molar-refractivity contribution in [3.8, 4) is 5.75 Å². The summed E-state index contributed by atoms with van der Waals surface area (Å²) < 4.78 is 10.7. The lowest BCUT2D eigenvalue weighted by Crippen LogP contribution is -2.37. The molecule has 0 aliphatic carbocycles. The molecule has 3 N–H and O–H groups in total. The predicted molar refractivity (Wildman–Crippen MR) is 123 cm³/mol. The zero-order valence-corrected chi connectivity index (χ0v) is 19.2. The maximum absolute atomic E-state index is 12.1. The first-order chi connectivity index (χ1) is 15.0. The summed E-state index contributed by atoms with van der Waals surface area (Å²) >= 11 is 0. The molecular weight excluding hydrogens is 410 g/mol. The standard InChI is InChI=1S/C24H31N3O5/c1-16-8-6-11-20(17(16)2)31-15-22(29)25-13-18-9-7-10-19(12-18)27-21(28)14-26-23(30)32-24(3,4)5/h6-12H,13-15H2,1-5H3,(H,25,29)(H,26,30)(H,27,28). The van der Waals surface area contributed by atoms with E-state index in [0.29, 0.717) is 11.4 Å². The highest BCUT2D eigenvalue weighted by atomic mass is 16.6. The molecule has 0 aliphatic rings. The number of ether oxygens (including phenoxy) is 2. The molecule has 0 saturated carbocycles. The molecule has 0 aliphatic heterocycles. The first-order valence-corrected chi connectivity index (χ1v) is 10.3. The van der Waals surface area contributed by atoms with Gasteiger partial charge in [-0.2, -0.15) is 0 Å². The van der Waals surface area contributed by atoms with Gasteiger partial charge < -0.3 is 25.4 Å². The second kappa shape index (κ2) is 11.2. The van der Waals surface area contributed by atoms with Crippen molar-refractivity contribution in [3.63, 3.8) is 0 Å². The summed E-state index contributed by atoms with van der Waals surface area (Å²) in [5.74, 6) is 0.0470. The summed E-state index contributed by atoms with van der Waals surface area (Å²) in [6.45, 7) is 9.15. The first kappa shape index (κ1) is 24.7. The van der Waals surface area contributed by atoms with Crippen LogP contribution >= 0.6 is 0 Å². The molecular formula is C24H31N3O5. The summed E-state index contributed by atoms with van der Waals surface area (Å²) in [5, 5.41) is 7.90. The summed E-state index contributed by atoms with van der Waals surface area (Å²) in [4.78, 5) is 35.8. The molecule has 172 valence electrons. The van der Waals surface area contributed by atoms with Crippen LogP contribution in [0, 0.1) is 13.8 Å². The largest absolute Gasteiger partial charge is 0.483 e. The summed E-state index contributed by atoms with van der Waals surface area (Å²) in [6, 6.07) is 12.8. The van der Waals surface area contributed by atoms with Gasteiger partial charge in [-0.15, -0.1) is 0 Å². The van der Waals surface area contributed by atoms with Crippen molar-refractivity contribution < 1.29 is 23.9 Å². The van der Waals surface area contributed by atoms with Gasteiger partial charge in [-0.1, -0.05) is 24.3 Å². The van der Waals surface area contributed by atoms with Gasteiger partial charge >= 0.3 is 6.09 Å². The Morgan fingerprint density at radius 2 is 1.66 bits per heavy atom. The van der Waals surface area contributed by atoms with Gasteiger partial charge in [0.1, 0.15) is 17.9 Å². The van der Waals surface area contributed by atoms with Gasteiger partial charge in [0, 0.05) is 12.2 Å². The normalized spacial score (nSPS) is 10.8. The number of rotatable bonds is 8. The Labute approximate surface area is 188 Å². The van der Waals surface area contributed by atoms with E-state index in [4.69, 9.17) is 9.47 Å². The van der Waals surface area contributed by atoms with Crippen LogP contribution in [-0.4, -0.2) is 36.7 Å². The number of carbonyl (C=O) groups is 3. The number of hydrogen-bond acceptors (Lipinski definition) is 5. The number of amides is 3. The molecule has 0 atom stereocenters. The van der Waals surface area contributed by atoms with Gasteiger partial charge in [-0.3, -0.25) is 9.59 Å². The van der Waals surface area contributed by atoms with E-state index in [1.54, 1.807) is 39.0 Å². The van der Waals surface area contributed by atoms with Crippen LogP contribution in [0.3, 0.4) is 0 Å². The van der Waals surface area contributed by atoms with Crippen molar-refractivity contribution >= 4 is 23.6 Å². The molecule has 32 heavy (non-hydrogen) atoms. The van der Waals surface area contributed by atoms with E-state index < -0.39 is 11.7 Å². The molecule has 2 aromatic rings. The highest BCUT2D eigenvalue weighted by molar-refractivity contribution is 5.93. The lowest BCUT2D eigenvalue weighted by molar-refractivity contribution is -0.123. The van der Waals surface area contributed by atoms with E-state index in [-0.39, 0.29) is 31.5 Å². The van der Waals surface area contributed by atoms with Crippen LogP contribution in [0.1, 0.15) is 37.5 Å². The monoisotopic (exact) mass is 441 g/mol. The molecule has 8 nitrogen and oxygen atoms in total. The van der Waals surface area contributed by atoms with E-state index in [0.717, 1.165) is 16.7 Å². The van der Waals surface area contributed by atoms with Crippen LogP contribution in [0.2, 0.25) is 0 Å². The Kier molecular flexibility index (Phi) is 8.63. The molecule has 0 heterocycles. The molecule has 0 bridgehead atoms. The fraction of sp³-hybridized carbons (Fsp3) is 0.375. The number of carbonyl (C=O) groups excluding carboxylic acids is 3. The Morgan fingerprint density at radius 3 is 2.38 bits per heavy atom. The maximum Gasteiger partial charge on any atom is 0.408 e. The van der Waals surface area contributed by atoms with Gasteiger partial charge in [0.15, 0.2) is 6.61 Å². The SMILES string of the molecule is Cc1cccc(OCC(=O)NCc2cccc(NC(=O)CNC(=O)OC(C)(C)C)c2)c1C. The minimum absolute atomic E-state index is 0.0863. The average Bonchev–Trinajstić information content (AvgIpc) is 2.71. The zero-order valence-electron chi connectivity index (χ0n) is 19.2. The molecule has 2 aromatic carbocycles. The number of hydrogen-bond donors (Lipinski definition) is 3. The third-order valence-corrected chi connectivity index (χ3v) is 4.41. The topological polar surface area (TPSA) is 106 Å². The molecule has 0 spiro atoms. The minimum Gasteiger partial charge on any atom is -0.483 e. The number of benzene rings is 2. The highest BCUT2D eigenvalue weighted by Crippen LogP contribution is 2.20. The number of aryl methyl sites for hydroxylation is 1. The van der Waals surface area contributed by atoms with Crippen molar-refractivity contribution in [1.82, 2.24) is 10.6 Å². The molecule has 3 amide bonds. The third-order valence-electron chi connectivity index (χ3n) is 4.41. The van der Waals surface area contributed by atoms with E-state index in [1.165, 1.54) is 0 Å². The maximum atomic E-state index is 12.1. The fourth-order valence-corrected chi connectivity index (χ4v) is 2.71. The molecule has 2 rings (SSSR count). The van der Waals surface area contributed by atoms with Crippen LogP contribution in [-0.2, 0) is 20.9 Å². The average molecular weight is 442 g/mol. The number of nitrogens with one attached hydrogen (secondary N) is 3. The predicted octanol–water partition coefficient (Wildman–Crippen LogP) is 3.46. The lowest BCUT2D eigenvalue weighted by atomic mass is 10.1. The Bertz CT molecular complexity index is 966. The summed E-state index contributed by atoms with van der Waals surface area (Å²) in [7, 11) is 0. The lowest BCUT2D eigenvalue weighted by Gasteiger charge is -2.19. The van der Waals surface area contributed by atoms with Gasteiger partial charge in [0.05, 0.1) is 0 Å². The minimum atomic E-state index is -0.660. The van der Waals surface area contributed by atoms with E-state index in [2.05, 4.69) is 16.0 Å². The fourth-order valence-electron chi connectivity index (χ4n) is 2.71. The Morgan fingerprint density at radius 1 is 0.938 bits per heavy atom. The summed E-state index contributed by atoms with van der Waals surface area (Å²) in [5.41, 5.74) is 2.83. The highest BCUT2D eigenvalue weighted by Gasteiger charge is 2.16. The third kappa shape index (κ3) is 8.67. The van der Waals surface area contributed by atoms with Crippen molar-refractivity contribution in [1.29, 1.82) is 0 Å². The van der Waals surface area contributed by atoms with Crippen molar-refractivity contribution in [3.05, 3.63) is 59.2 Å². The van der Waals surface area contributed by atoms with E-state index in [9.17, 15) is 14.4 Å². The van der Waals surface area contributed by atoms with Crippen molar-refractivity contribution in [2.24, 2.45) is 0 Å². The van der Waals surface area contributed by atoms with E-state index in [1.807, 2.05) is 38.1 Å². The van der Waals surface area contributed by atoms with Crippen LogP contribution in [0.25, 0.3) is 0 Å². The second-order valence-corrected chi connectivity index (χ2v) is 8.37. The van der Waals surface area contributed by atoms with Gasteiger partial charge in [0.25, 0.3) is 5.91 Å². The molecule has 0 fully saturated rings. The van der Waals surface area contributed by atoms with Crippen LogP contribution in [0.4, 0.5) is 10.5 Å². The molecule has 0 aromatic heterocycles. The van der Waals surface area contributed by atoms with Crippen LogP contribution in [0.5, 0.6) is 5.75 Å². The second-order valence-electron chi connectivity index (χ2n) is 8.37. The molecule has 0 radical (unpaired) electrons. The van der Waals surface area contributed by atoms with Crippen molar-refractivity contribution in [2.45, 2.75) is 46.8 Å². The van der Waals surface area contributed by atoms with Gasteiger partial charge in [0.2, 0.25) is 5.91 Å². The molecule has 0 saturated heterocycles. The smallest absolute Gasteiger partial charge is 0.408 e. The zero-order chi connectivity index (χ0) is 23.7. The van der Waals surface area contributed by atoms with E-state index >= 15 is 0 Å².